The number of hydrogen-bond acceptors (Lipinski definition) is 3. The summed E-state index contributed by atoms with van der Waals surface area (Å²) in [6.07, 6.45) is 1.49. The molecule has 0 fully saturated rings. The van der Waals surface area contributed by atoms with E-state index >= 15 is 0 Å². The predicted molar refractivity (Wildman–Crippen MR) is 65.9 cm³/mol. The van der Waals surface area contributed by atoms with Gasteiger partial charge in [0.2, 0.25) is 5.91 Å². The minimum absolute atomic E-state index is 0.0188. The van der Waals surface area contributed by atoms with Gasteiger partial charge < -0.3 is 16.2 Å². The summed E-state index contributed by atoms with van der Waals surface area (Å²) < 4.78 is 0. The van der Waals surface area contributed by atoms with E-state index in [9.17, 15) is 4.79 Å². The highest BCUT2D eigenvalue weighted by Gasteiger charge is 2.24. The lowest BCUT2D eigenvalue weighted by Gasteiger charge is -2.26. The van der Waals surface area contributed by atoms with Gasteiger partial charge in [-0.25, -0.2) is 0 Å². The summed E-state index contributed by atoms with van der Waals surface area (Å²) in [5.41, 5.74) is 5.70. The molecule has 0 radical (unpaired) electrons. The van der Waals surface area contributed by atoms with Gasteiger partial charge in [0.15, 0.2) is 0 Å². The summed E-state index contributed by atoms with van der Waals surface area (Å²) in [6.45, 7) is 8.53. The van der Waals surface area contributed by atoms with E-state index in [1.54, 1.807) is 0 Å². The van der Waals surface area contributed by atoms with E-state index in [1.807, 2.05) is 6.92 Å². The van der Waals surface area contributed by atoms with Gasteiger partial charge in [-0.15, -0.1) is 0 Å². The lowest BCUT2D eigenvalue weighted by atomic mass is 9.84. The molecule has 0 bridgehead atoms. The highest BCUT2D eigenvalue weighted by molar-refractivity contribution is 5.79. The zero-order valence-electron chi connectivity index (χ0n) is 10.9. The molecule has 4 heteroatoms. The Balaban J connectivity index is 4.31. The van der Waals surface area contributed by atoms with Crippen LogP contribution in [0.3, 0.4) is 0 Å². The first-order valence-electron chi connectivity index (χ1n) is 5.95. The number of nitrogens with one attached hydrogen (secondary N) is 1. The predicted octanol–water partition coefficient (Wildman–Crippen LogP) is 0.885. The molecule has 0 aliphatic rings. The molecule has 4 nitrogen and oxygen atoms in total. The van der Waals surface area contributed by atoms with E-state index in [0.29, 0.717) is 6.54 Å². The largest absolute Gasteiger partial charge is 0.394 e. The van der Waals surface area contributed by atoms with Gasteiger partial charge in [0.05, 0.1) is 18.6 Å². The van der Waals surface area contributed by atoms with Crippen molar-refractivity contribution in [2.75, 3.05) is 13.2 Å². The molecule has 0 saturated heterocycles. The van der Waals surface area contributed by atoms with Crippen molar-refractivity contribution >= 4 is 5.91 Å². The fourth-order valence-electron chi connectivity index (χ4n) is 1.62. The number of amides is 1. The van der Waals surface area contributed by atoms with Gasteiger partial charge in [0.1, 0.15) is 0 Å². The van der Waals surface area contributed by atoms with Crippen LogP contribution in [-0.2, 0) is 4.79 Å². The monoisotopic (exact) mass is 230 g/mol. The van der Waals surface area contributed by atoms with Crippen LogP contribution >= 0.6 is 0 Å². The Morgan fingerprint density at radius 1 is 1.44 bits per heavy atom. The van der Waals surface area contributed by atoms with Crippen LogP contribution in [0.5, 0.6) is 0 Å². The summed E-state index contributed by atoms with van der Waals surface area (Å²) in [5.74, 6) is -0.209. The van der Waals surface area contributed by atoms with E-state index in [-0.39, 0.29) is 29.9 Å². The fraction of sp³-hybridized carbons (Fsp3) is 0.917. The first-order valence-corrected chi connectivity index (χ1v) is 5.95. The van der Waals surface area contributed by atoms with Crippen molar-refractivity contribution in [1.29, 1.82) is 0 Å². The molecular weight excluding hydrogens is 204 g/mol. The SMILES string of the molecule is CC[C@@H](CO)NC(=O)C(CN)CC(C)(C)C. The van der Waals surface area contributed by atoms with Gasteiger partial charge >= 0.3 is 0 Å². The number of carbonyl (C=O) groups is 1. The maximum Gasteiger partial charge on any atom is 0.224 e. The van der Waals surface area contributed by atoms with Gasteiger partial charge in [-0.1, -0.05) is 27.7 Å². The van der Waals surface area contributed by atoms with E-state index < -0.39 is 0 Å². The third kappa shape index (κ3) is 6.08. The van der Waals surface area contributed by atoms with E-state index in [2.05, 4.69) is 26.1 Å². The number of rotatable bonds is 6. The molecule has 4 N–H and O–H groups in total. The van der Waals surface area contributed by atoms with Crippen LogP contribution in [0.4, 0.5) is 0 Å². The van der Waals surface area contributed by atoms with E-state index in [0.717, 1.165) is 12.8 Å². The van der Waals surface area contributed by atoms with Crippen LogP contribution in [0, 0.1) is 11.3 Å². The second kappa shape index (κ2) is 6.86. The van der Waals surface area contributed by atoms with E-state index in [4.69, 9.17) is 10.8 Å². The number of aliphatic hydroxyl groups is 1. The van der Waals surface area contributed by atoms with Crippen LogP contribution < -0.4 is 11.1 Å². The molecule has 0 heterocycles. The summed E-state index contributed by atoms with van der Waals surface area (Å²) in [4.78, 5) is 11.9. The Labute approximate surface area is 98.6 Å². The van der Waals surface area contributed by atoms with Crippen molar-refractivity contribution in [2.24, 2.45) is 17.1 Å². The minimum atomic E-state index is -0.166. The number of hydrogen-bond donors (Lipinski definition) is 3. The lowest BCUT2D eigenvalue weighted by Crippen LogP contribution is -2.43. The molecule has 1 unspecified atom stereocenters. The fourth-order valence-corrected chi connectivity index (χ4v) is 1.62. The average Bonchev–Trinajstić information content (AvgIpc) is 2.20. The molecule has 16 heavy (non-hydrogen) atoms. The Morgan fingerprint density at radius 2 is 2.00 bits per heavy atom. The second-order valence-electron chi connectivity index (χ2n) is 5.49. The van der Waals surface area contributed by atoms with Crippen LogP contribution in [0.2, 0.25) is 0 Å². The number of aliphatic hydroxyl groups excluding tert-OH is 1. The summed E-state index contributed by atoms with van der Waals surface area (Å²) >= 11 is 0. The van der Waals surface area contributed by atoms with Gasteiger partial charge in [-0.05, 0) is 18.3 Å². The molecule has 0 saturated carbocycles. The Bertz CT molecular complexity index is 208. The molecule has 2 atom stereocenters. The van der Waals surface area contributed by atoms with Crippen LogP contribution in [-0.4, -0.2) is 30.2 Å². The van der Waals surface area contributed by atoms with Crippen molar-refractivity contribution < 1.29 is 9.90 Å². The topological polar surface area (TPSA) is 75.3 Å². The average molecular weight is 230 g/mol. The van der Waals surface area contributed by atoms with Gasteiger partial charge in [-0.3, -0.25) is 4.79 Å². The Kier molecular flexibility index (Phi) is 6.60. The van der Waals surface area contributed by atoms with Gasteiger partial charge in [-0.2, -0.15) is 0 Å². The first kappa shape index (κ1) is 15.4. The molecule has 0 aromatic carbocycles. The smallest absolute Gasteiger partial charge is 0.224 e. The van der Waals surface area contributed by atoms with E-state index in [1.165, 1.54) is 0 Å². The highest BCUT2D eigenvalue weighted by atomic mass is 16.3. The van der Waals surface area contributed by atoms with Crippen LogP contribution in [0.15, 0.2) is 0 Å². The molecule has 96 valence electrons. The molecular formula is C12H26N2O2. The molecule has 0 aromatic heterocycles. The van der Waals surface area contributed by atoms with Crippen LogP contribution in [0.1, 0.15) is 40.5 Å². The standard InChI is InChI=1S/C12H26N2O2/c1-5-10(8-15)14-11(16)9(7-13)6-12(2,3)4/h9-10,15H,5-8,13H2,1-4H3,(H,14,16)/t9?,10-/m0/s1. The molecule has 1 amide bonds. The maximum absolute atomic E-state index is 11.9. The van der Waals surface area contributed by atoms with Crippen molar-refractivity contribution in [1.82, 2.24) is 5.32 Å². The quantitative estimate of drug-likeness (QED) is 0.634. The van der Waals surface area contributed by atoms with Crippen LogP contribution in [0.25, 0.3) is 0 Å². The maximum atomic E-state index is 11.9. The number of nitrogens with two attached hydrogens (primary N) is 1. The zero-order chi connectivity index (χ0) is 12.8. The van der Waals surface area contributed by atoms with Crippen molar-refractivity contribution in [3.05, 3.63) is 0 Å². The normalized spacial score (nSPS) is 15.6. The van der Waals surface area contributed by atoms with Crippen molar-refractivity contribution in [2.45, 2.75) is 46.6 Å². The zero-order valence-corrected chi connectivity index (χ0v) is 10.9. The molecule has 0 aliphatic carbocycles. The van der Waals surface area contributed by atoms with Gasteiger partial charge in [0, 0.05) is 6.54 Å². The summed E-state index contributed by atoms with van der Waals surface area (Å²) in [7, 11) is 0. The molecule has 0 rings (SSSR count). The van der Waals surface area contributed by atoms with Crippen molar-refractivity contribution in [3.8, 4) is 0 Å². The molecule has 0 aromatic rings. The minimum Gasteiger partial charge on any atom is -0.394 e. The summed E-state index contributed by atoms with van der Waals surface area (Å²) in [5, 5.41) is 11.8. The third-order valence-corrected chi connectivity index (χ3v) is 2.57. The van der Waals surface area contributed by atoms with Gasteiger partial charge in [0.25, 0.3) is 0 Å². The Hall–Kier alpha value is -0.610. The molecule has 0 aliphatic heterocycles. The summed E-state index contributed by atoms with van der Waals surface area (Å²) in [6, 6.07) is -0.151. The Morgan fingerprint density at radius 3 is 2.31 bits per heavy atom. The second-order valence-corrected chi connectivity index (χ2v) is 5.49. The lowest BCUT2D eigenvalue weighted by molar-refractivity contribution is -0.126. The highest BCUT2D eigenvalue weighted by Crippen LogP contribution is 2.24. The van der Waals surface area contributed by atoms with Crippen molar-refractivity contribution in [3.63, 3.8) is 0 Å². The first-order chi connectivity index (χ1) is 7.34. The molecule has 0 spiro atoms. The third-order valence-electron chi connectivity index (χ3n) is 2.57. The number of carbonyl (C=O) groups excluding carboxylic acids is 1.